The fourth-order valence-corrected chi connectivity index (χ4v) is 1.63. The van der Waals surface area contributed by atoms with Crippen LogP contribution in [-0.2, 0) is 28.2 Å². The third-order valence-electron chi connectivity index (χ3n) is 2.52. The van der Waals surface area contributed by atoms with E-state index in [2.05, 4.69) is 9.26 Å². The highest BCUT2D eigenvalue weighted by molar-refractivity contribution is 7.46. The number of nitrogens with two attached hydrogens (primary N) is 1. The van der Waals surface area contributed by atoms with Gasteiger partial charge in [-0.15, -0.1) is 0 Å². The van der Waals surface area contributed by atoms with Crippen molar-refractivity contribution in [2.24, 2.45) is 5.73 Å². The monoisotopic (exact) mass is 375 g/mol. The first-order valence-electron chi connectivity index (χ1n) is 6.26. The molecule has 13 nitrogen and oxygen atoms in total. The maximum Gasteiger partial charge on any atom is 0.469 e. The molecule has 0 unspecified atom stereocenters. The van der Waals surface area contributed by atoms with Crippen molar-refractivity contribution in [3.05, 3.63) is 0 Å². The number of carboxylic acid groups (broad SMARTS) is 1. The highest BCUT2D eigenvalue weighted by Crippen LogP contribution is 2.35. The SMILES string of the molecule is N[C@@H](CC(=O)O)C(=O)OCC(=O)[C@@H](O)[C@H](O)[C@H](O)COP(=O)(O)O. The lowest BCUT2D eigenvalue weighted by Gasteiger charge is -2.22. The van der Waals surface area contributed by atoms with Crippen LogP contribution in [0.4, 0.5) is 0 Å². The maximum atomic E-state index is 11.5. The van der Waals surface area contributed by atoms with Crippen molar-refractivity contribution >= 4 is 25.5 Å². The van der Waals surface area contributed by atoms with Gasteiger partial charge in [0.25, 0.3) is 0 Å². The predicted octanol–water partition coefficient (Wildman–Crippen LogP) is -3.91. The van der Waals surface area contributed by atoms with Gasteiger partial charge in [-0.1, -0.05) is 0 Å². The van der Waals surface area contributed by atoms with E-state index in [9.17, 15) is 34.3 Å². The Balaban J connectivity index is 4.41. The molecule has 8 N–H and O–H groups in total. The van der Waals surface area contributed by atoms with Crippen LogP contribution in [-0.4, -0.2) is 85.5 Å². The van der Waals surface area contributed by atoms with Gasteiger partial charge >= 0.3 is 19.8 Å². The number of carbonyl (C=O) groups excluding carboxylic acids is 2. The Bertz CT molecular complexity index is 504. The van der Waals surface area contributed by atoms with Crippen LogP contribution in [0.2, 0.25) is 0 Å². The number of rotatable bonds is 11. The van der Waals surface area contributed by atoms with Gasteiger partial charge in [0.05, 0.1) is 13.0 Å². The van der Waals surface area contributed by atoms with Crippen molar-refractivity contribution in [2.45, 2.75) is 30.8 Å². The number of hydrogen-bond donors (Lipinski definition) is 7. The molecule has 0 fully saturated rings. The summed E-state index contributed by atoms with van der Waals surface area (Å²) in [6.45, 7) is -2.16. The van der Waals surface area contributed by atoms with Gasteiger partial charge in [-0.05, 0) is 0 Å². The second-order valence-electron chi connectivity index (χ2n) is 4.57. The minimum atomic E-state index is -4.93. The van der Waals surface area contributed by atoms with Crippen molar-refractivity contribution in [1.82, 2.24) is 0 Å². The van der Waals surface area contributed by atoms with Crippen LogP contribution in [0, 0.1) is 0 Å². The molecule has 0 spiro atoms. The molecule has 4 atom stereocenters. The summed E-state index contributed by atoms with van der Waals surface area (Å²) < 4.78 is 18.7. The van der Waals surface area contributed by atoms with E-state index in [0.717, 1.165) is 0 Å². The molecule has 0 saturated carbocycles. The third kappa shape index (κ3) is 9.00. The minimum absolute atomic E-state index is 0.753. The molecule has 24 heavy (non-hydrogen) atoms. The van der Waals surface area contributed by atoms with Gasteiger partial charge in [0.15, 0.2) is 6.61 Å². The van der Waals surface area contributed by atoms with E-state index < -0.39 is 69.5 Å². The number of aliphatic carboxylic acids is 1. The second kappa shape index (κ2) is 9.76. The average Bonchev–Trinajstić information content (AvgIpc) is 2.46. The Labute approximate surface area is 134 Å². The molecule has 0 radical (unpaired) electrons. The molecular formula is C10H18NO12P. The van der Waals surface area contributed by atoms with Crippen molar-refractivity contribution in [3.8, 4) is 0 Å². The zero-order valence-electron chi connectivity index (χ0n) is 12.1. The number of ketones is 1. The van der Waals surface area contributed by atoms with Gasteiger partial charge in [-0.2, -0.15) is 0 Å². The molecule has 0 rings (SSSR count). The number of carboxylic acids is 1. The number of phosphoric acid groups is 1. The summed E-state index contributed by atoms with van der Waals surface area (Å²) >= 11 is 0. The molecule has 14 heteroatoms. The van der Waals surface area contributed by atoms with Crippen LogP contribution in [0.15, 0.2) is 0 Å². The maximum absolute atomic E-state index is 11.5. The van der Waals surface area contributed by atoms with E-state index >= 15 is 0 Å². The summed E-state index contributed by atoms with van der Waals surface area (Å²) in [4.78, 5) is 49.9. The molecule has 0 amide bonds. The summed E-state index contributed by atoms with van der Waals surface area (Å²) in [6.07, 6.45) is -7.22. The second-order valence-corrected chi connectivity index (χ2v) is 5.81. The molecule has 0 bridgehead atoms. The van der Waals surface area contributed by atoms with Gasteiger partial charge in [0.2, 0.25) is 5.78 Å². The molecule has 0 aromatic rings. The number of Topliss-reactive ketones (excluding diaryl/α,β-unsaturated/α-hetero) is 1. The summed E-state index contributed by atoms with van der Waals surface area (Å²) in [5.74, 6) is -3.89. The first-order valence-corrected chi connectivity index (χ1v) is 7.79. The molecular weight excluding hydrogens is 357 g/mol. The van der Waals surface area contributed by atoms with Crippen LogP contribution in [0.25, 0.3) is 0 Å². The first-order chi connectivity index (χ1) is 10.8. The highest BCUT2D eigenvalue weighted by Gasteiger charge is 2.32. The van der Waals surface area contributed by atoms with Gasteiger partial charge in [0, 0.05) is 0 Å². The Morgan fingerprint density at radius 3 is 2.12 bits per heavy atom. The lowest BCUT2D eigenvalue weighted by molar-refractivity contribution is -0.157. The lowest BCUT2D eigenvalue weighted by Crippen LogP contribution is -2.46. The number of esters is 1. The Hall–Kier alpha value is -1.44. The van der Waals surface area contributed by atoms with E-state index in [0.29, 0.717) is 0 Å². The topological polar surface area (TPSA) is 234 Å². The van der Waals surface area contributed by atoms with Crippen molar-refractivity contribution in [1.29, 1.82) is 0 Å². The largest absolute Gasteiger partial charge is 0.481 e. The first kappa shape index (κ1) is 22.6. The number of aliphatic hydroxyl groups is 3. The number of hydrogen-bond acceptors (Lipinski definition) is 10. The van der Waals surface area contributed by atoms with E-state index in [1.165, 1.54) is 0 Å². The molecule has 0 aromatic carbocycles. The molecule has 0 aliphatic carbocycles. The van der Waals surface area contributed by atoms with Gasteiger partial charge in [0.1, 0.15) is 24.4 Å². The summed E-state index contributed by atoms with van der Waals surface area (Å²) in [5.41, 5.74) is 5.16. The Kier molecular flexibility index (Phi) is 9.17. The average molecular weight is 375 g/mol. The molecule has 0 aromatic heterocycles. The number of phosphoric ester groups is 1. The molecule has 0 aliphatic heterocycles. The fourth-order valence-electron chi connectivity index (χ4n) is 1.28. The Morgan fingerprint density at radius 1 is 1.12 bits per heavy atom. The van der Waals surface area contributed by atoms with E-state index in [1.807, 2.05) is 0 Å². The van der Waals surface area contributed by atoms with Gasteiger partial charge < -0.3 is 40.7 Å². The summed E-state index contributed by atoms with van der Waals surface area (Å²) in [6, 6.07) is -1.54. The van der Waals surface area contributed by atoms with Gasteiger partial charge in [-0.3, -0.25) is 18.9 Å². The Morgan fingerprint density at radius 2 is 1.67 bits per heavy atom. The zero-order valence-corrected chi connectivity index (χ0v) is 13.0. The van der Waals surface area contributed by atoms with Crippen molar-refractivity contribution in [3.63, 3.8) is 0 Å². The normalized spacial score (nSPS) is 16.8. The molecule has 0 aliphatic rings. The number of carbonyl (C=O) groups is 3. The minimum Gasteiger partial charge on any atom is -0.481 e. The lowest BCUT2D eigenvalue weighted by atomic mass is 10.1. The van der Waals surface area contributed by atoms with E-state index in [4.69, 9.17) is 20.6 Å². The van der Waals surface area contributed by atoms with Crippen LogP contribution in [0.1, 0.15) is 6.42 Å². The standard InChI is InChI=1S/C10H18NO12P/c11-4(1-7(14)15)10(18)22-2-5(12)8(16)9(17)6(13)3-23-24(19,20)21/h4,6,8-9,13,16-17H,1-3,11H2,(H,14,15)(H2,19,20,21)/t4-,6+,8+,9+/m0/s1. The van der Waals surface area contributed by atoms with Crippen LogP contribution in [0.3, 0.4) is 0 Å². The van der Waals surface area contributed by atoms with Crippen LogP contribution < -0.4 is 5.73 Å². The summed E-state index contributed by atoms with van der Waals surface area (Å²) in [5, 5.41) is 36.7. The third-order valence-corrected chi connectivity index (χ3v) is 3.00. The zero-order chi connectivity index (χ0) is 19.1. The highest BCUT2D eigenvalue weighted by atomic mass is 31.2. The molecule has 0 heterocycles. The van der Waals surface area contributed by atoms with Crippen LogP contribution >= 0.6 is 7.82 Å². The smallest absolute Gasteiger partial charge is 0.469 e. The van der Waals surface area contributed by atoms with E-state index in [-0.39, 0.29) is 0 Å². The van der Waals surface area contributed by atoms with E-state index in [1.54, 1.807) is 0 Å². The van der Waals surface area contributed by atoms with Crippen molar-refractivity contribution in [2.75, 3.05) is 13.2 Å². The predicted molar refractivity (Wildman–Crippen MR) is 72.2 cm³/mol. The van der Waals surface area contributed by atoms with Gasteiger partial charge in [-0.25, -0.2) is 4.57 Å². The summed E-state index contributed by atoms with van der Waals surface area (Å²) in [7, 11) is -4.93. The quantitative estimate of drug-likeness (QED) is 0.135. The van der Waals surface area contributed by atoms with Crippen LogP contribution in [0.5, 0.6) is 0 Å². The number of ether oxygens (including phenoxy) is 1. The molecule has 140 valence electrons. The fraction of sp³-hybridized carbons (Fsp3) is 0.700. The number of aliphatic hydroxyl groups excluding tert-OH is 3. The van der Waals surface area contributed by atoms with Crippen molar-refractivity contribution < 1.29 is 58.4 Å². The molecule has 0 saturated heterocycles.